The minimum absolute atomic E-state index is 0.0727. The molecular weight excluding hydrogens is 564 g/mol. The molecule has 5 aromatic rings. The van der Waals surface area contributed by atoms with Gasteiger partial charge in [-0.1, -0.05) is 25.1 Å². The number of hydrogen-bond acceptors (Lipinski definition) is 8. The Morgan fingerprint density at radius 3 is 2.45 bits per heavy atom. The zero-order valence-electron chi connectivity index (χ0n) is 24.6. The third-order valence-electron chi connectivity index (χ3n) is 7.67. The molecule has 0 aliphatic rings. The number of ether oxygens (including phenoxy) is 2. The number of carbonyl (C=O) groups is 2. The number of rotatable bonds is 10. The first-order valence-corrected chi connectivity index (χ1v) is 13.8. The largest absolute Gasteiger partial charge is 0.497 e. The number of carbonyl (C=O) groups excluding carboxylic acids is 1. The molecule has 44 heavy (non-hydrogen) atoms. The van der Waals surface area contributed by atoms with Crippen molar-refractivity contribution in [3.05, 3.63) is 101 Å². The Bertz CT molecular complexity index is 1900. The minimum atomic E-state index is -1.57. The number of anilines is 1. The number of aliphatic carboxylic acids is 1. The molecule has 0 spiro atoms. The van der Waals surface area contributed by atoms with Crippen LogP contribution in [0.4, 0.5) is 5.82 Å². The van der Waals surface area contributed by atoms with Gasteiger partial charge in [0.1, 0.15) is 34.2 Å². The van der Waals surface area contributed by atoms with Crippen LogP contribution in [0.3, 0.4) is 0 Å². The summed E-state index contributed by atoms with van der Waals surface area (Å²) in [5, 5.41) is 13.1. The van der Waals surface area contributed by atoms with E-state index in [4.69, 9.17) is 15.2 Å². The molecule has 5 rings (SSSR count). The Kier molecular flexibility index (Phi) is 8.19. The first kappa shape index (κ1) is 30.0. The van der Waals surface area contributed by atoms with Crippen molar-refractivity contribution in [2.75, 3.05) is 12.4 Å². The lowest BCUT2D eigenvalue weighted by Gasteiger charge is -2.28. The van der Waals surface area contributed by atoms with Crippen molar-refractivity contribution in [3.63, 3.8) is 0 Å². The number of amides is 1. The molecule has 12 heteroatoms. The fourth-order valence-electron chi connectivity index (χ4n) is 4.75. The average molecular weight is 597 g/mol. The normalized spacial score (nSPS) is 13.2. The number of hydrogen-bond donors (Lipinski definition) is 3. The van der Waals surface area contributed by atoms with E-state index in [2.05, 4.69) is 15.3 Å². The fourth-order valence-corrected chi connectivity index (χ4v) is 4.75. The number of aromatic nitrogens is 4. The van der Waals surface area contributed by atoms with Crippen molar-refractivity contribution in [2.45, 2.75) is 32.9 Å². The van der Waals surface area contributed by atoms with Crippen LogP contribution in [0.2, 0.25) is 0 Å². The number of para-hydroxylation sites is 1. The molecule has 12 nitrogen and oxygen atoms in total. The van der Waals surface area contributed by atoms with Crippen molar-refractivity contribution < 1.29 is 24.2 Å². The quantitative estimate of drug-likeness (QED) is 0.212. The van der Waals surface area contributed by atoms with E-state index in [-0.39, 0.29) is 17.9 Å². The summed E-state index contributed by atoms with van der Waals surface area (Å²) >= 11 is 0. The number of pyridine rings is 2. The van der Waals surface area contributed by atoms with Gasteiger partial charge in [-0.05, 0) is 56.3 Å². The van der Waals surface area contributed by atoms with E-state index < -0.39 is 28.9 Å². The Morgan fingerprint density at radius 1 is 1.07 bits per heavy atom. The average Bonchev–Trinajstić information content (AvgIpc) is 3.26. The van der Waals surface area contributed by atoms with Gasteiger partial charge in [0, 0.05) is 30.1 Å². The lowest BCUT2D eigenvalue weighted by molar-refractivity contribution is -0.144. The van der Waals surface area contributed by atoms with E-state index in [1.807, 2.05) is 18.2 Å². The van der Waals surface area contributed by atoms with Gasteiger partial charge in [0.2, 0.25) is 0 Å². The number of nitrogens with one attached hydrogen (secondary N) is 1. The van der Waals surface area contributed by atoms with E-state index in [9.17, 15) is 19.5 Å². The summed E-state index contributed by atoms with van der Waals surface area (Å²) in [6.45, 7) is 4.82. The standard InChI is InChI=1S/C32H32N6O6/c1-19(32(3,33)31(41)42)18-37-20(2)28(30(40)38(37)21-8-6-5-7-9-21)29(39)36-27-13-11-23(17-35-27)44-26-14-15-34-25-16-22(43-4)10-12-24(25)26/h5-17,19H,18,33H2,1-4H3,(H,41,42)(H,35,36,39)/t19-,32+/m1/s1. The van der Waals surface area contributed by atoms with E-state index in [1.54, 1.807) is 80.4 Å². The predicted octanol–water partition coefficient (Wildman–Crippen LogP) is 4.38. The first-order valence-electron chi connectivity index (χ1n) is 13.8. The van der Waals surface area contributed by atoms with Crippen LogP contribution < -0.4 is 26.1 Å². The van der Waals surface area contributed by atoms with Crippen molar-refractivity contribution in [1.29, 1.82) is 0 Å². The Morgan fingerprint density at radius 2 is 1.80 bits per heavy atom. The van der Waals surface area contributed by atoms with Crippen LogP contribution in [-0.2, 0) is 11.3 Å². The Labute approximate surface area is 252 Å². The minimum Gasteiger partial charge on any atom is -0.497 e. The van der Waals surface area contributed by atoms with Gasteiger partial charge in [0.05, 0.1) is 30.2 Å². The van der Waals surface area contributed by atoms with Crippen LogP contribution in [0, 0.1) is 12.8 Å². The molecule has 2 aromatic carbocycles. The third-order valence-corrected chi connectivity index (χ3v) is 7.67. The highest BCUT2D eigenvalue weighted by Gasteiger charge is 2.36. The maximum Gasteiger partial charge on any atom is 0.323 e. The highest BCUT2D eigenvalue weighted by molar-refractivity contribution is 6.04. The molecule has 3 heterocycles. The summed E-state index contributed by atoms with van der Waals surface area (Å²) in [4.78, 5) is 47.6. The second-order valence-corrected chi connectivity index (χ2v) is 10.6. The van der Waals surface area contributed by atoms with Gasteiger partial charge in [-0.2, -0.15) is 0 Å². The summed E-state index contributed by atoms with van der Waals surface area (Å²) in [5.41, 5.74) is 5.43. The summed E-state index contributed by atoms with van der Waals surface area (Å²) in [6.07, 6.45) is 3.09. The highest BCUT2D eigenvalue weighted by atomic mass is 16.5. The molecule has 0 aliphatic carbocycles. The molecule has 0 fully saturated rings. The van der Waals surface area contributed by atoms with E-state index in [0.29, 0.717) is 34.1 Å². The van der Waals surface area contributed by atoms with Gasteiger partial charge in [0.15, 0.2) is 0 Å². The van der Waals surface area contributed by atoms with Gasteiger partial charge in [-0.3, -0.25) is 24.0 Å². The van der Waals surface area contributed by atoms with Gasteiger partial charge in [-0.15, -0.1) is 0 Å². The molecule has 226 valence electrons. The van der Waals surface area contributed by atoms with Crippen LogP contribution in [0.5, 0.6) is 17.2 Å². The second kappa shape index (κ2) is 12.0. The van der Waals surface area contributed by atoms with Crippen LogP contribution in [0.1, 0.15) is 29.9 Å². The molecule has 0 saturated carbocycles. The number of nitrogens with two attached hydrogens (primary N) is 1. The molecule has 0 aliphatic heterocycles. The van der Waals surface area contributed by atoms with E-state index >= 15 is 0 Å². The molecular formula is C32H32N6O6. The van der Waals surface area contributed by atoms with Crippen LogP contribution in [-0.4, -0.2) is 49.0 Å². The number of fused-ring (bicyclic) bond motifs is 1. The zero-order valence-corrected chi connectivity index (χ0v) is 24.6. The maximum absolute atomic E-state index is 13.7. The van der Waals surface area contributed by atoms with Crippen LogP contribution in [0.15, 0.2) is 83.9 Å². The molecule has 0 unspecified atom stereocenters. The number of carboxylic acids is 1. The lowest BCUT2D eigenvalue weighted by atomic mass is 9.88. The predicted molar refractivity (Wildman–Crippen MR) is 165 cm³/mol. The number of benzene rings is 2. The first-order chi connectivity index (χ1) is 21.0. The topological polar surface area (TPSA) is 164 Å². The molecule has 2 atom stereocenters. The number of methoxy groups -OCH3 is 1. The second-order valence-electron chi connectivity index (χ2n) is 10.6. The summed E-state index contributed by atoms with van der Waals surface area (Å²) in [5.74, 6) is -0.538. The smallest absolute Gasteiger partial charge is 0.323 e. The van der Waals surface area contributed by atoms with Gasteiger partial charge in [-0.25, -0.2) is 9.67 Å². The number of nitrogens with zero attached hydrogens (tertiary/aromatic N) is 4. The van der Waals surface area contributed by atoms with Gasteiger partial charge < -0.3 is 25.6 Å². The fraction of sp³-hybridized carbons (Fsp3) is 0.219. The van der Waals surface area contributed by atoms with Crippen molar-refractivity contribution in [2.24, 2.45) is 11.7 Å². The zero-order chi connectivity index (χ0) is 31.6. The Balaban J connectivity index is 1.41. The monoisotopic (exact) mass is 596 g/mol. The van der Waals surface area contributed by atoms with Crippen LogP contribution >= 0.6 is 0 Å². The lowest BCUT2D eigenvalue weighted by Crippen LogP contribution is -2.52. The number of carboxylic acid groups (broad SMARTS) is 1. The van der Waals surface area contributed by atoms with Crippen molar-refractivity contribution in [3.8, 4) is 22.9 Å². The molecule has 0 bridgehead atoms. The van der Waals surface area contributed by atoms with Gasteiger partial charge in [0.25, 0.3) is 11.5 Å². The summed E-state index contributed by atoms with van der Waals surface area (Å²) in [7, 11) is 1.59. The molecule has 4 N–H and O–H groups in total. The molecule has 0 saturated heterocycles. The SMILES string of the molecule is COc1ccc2c(Oc3ccc(NC(=O)c4c(C)n(C[C@@H](C)[C@](C)(N)C(=O)O)n(-c5ccccc5)c4=O)nc3)ccnc2c1. The van der Waals surface area contributed by atoms with Crippen molar-refractivity contribution >= 4 is 28.6 Å². The van der Waals surface area contributed by atoms with E-state index in [1.165, 1.54) is 17.8 Å². The van der Waals surface area contributed by atoms with E-state index in [0.717, 1.165) is 5.39 Å². The molecule has 1 amide bonds. The Hall–Kier alpha value is -5.49. The summed E-state index contributed by atoms with van der Waals surface area (Å²) in [6, 6.07) is 19.2. The molecule has 3 aromatic heterocycles. The van der Waals surface area contributed by atoms with Crippen LogP contribution in [0.25, 0.3) is 16.6 Å². The van der Waals surface area contributed by atoms with Gasteiger partial charge >= 0.3 is 5.97 Å². The highest BCUT2D eigenvalue weighted by Crippen LogP contribution is 2.31. The summed E-state index contributed by atoms with van der Waals surface area (Å²) < 4.78 is 14.2. The van der Waals surface area contributed by atoms with Crippen molar-refractivity contribution in [1.82, 2.24) is 19.3 Å². The maximum atomic E-state index is 13.7. The molecule has 0 radical (unpaired) electrons. The third kappa shape index (κ3) is 5.75.